The van der Waals surface area contributed by atoms with Crippen LogP contribution in [0.25, 0.3) is 0 Å². The van der Waals surface area contributed by atoms with E-state index in [1.165, 1.54) is 12.8 Å². The van der Waals surface area contributed by atoms with Crippen molar-refractivity contribution in [1.29, 1.82) is 0 Å². The van der Waals surface area contributed by atoms with Crippen molar-refractivity contribution in [3.8, 4) is 0 Å². The molecular formula is C18H34N4O2. The van der Waals surface area contributed by atoms with Gasteiger partial charge in [0.1, 0.15) is 0 Å². The number of urea groups is 1. The Bertz CT molecular complexity index is 419. The number of likely N-dealkylation sites (tertiary alicyclic amines) is 2. The first-order valence-electron chi connectivity index (χ1n) is 9.51. The van der Waals surface area contributed by atoms with Crippen LogP contribution in [0.1, 0.15) is 46.5 Å². The largest absolute Gasteiger partial charge is 0.355 e. The molecule has 0 aromatic rings. The summed E-state index contributed by atoms with van der Waals surface area (Å²) in [7, 11) is 0. The molecule has 24 heavy (non-hydrogen) atoms. The van der Waals surface area contributed by atoms with Crippen LogP contribution in [0.5, 0.6) is 0 Å². The third-order valence-electron chi connectivity index (χ3n) is 5.03. The van der Waals surface area contributed by atoms with Gasteiger partial charge in [-0.3, -0.25) is 4.79 Å². The van der Waals surface area contributed by atoms with Gasteiger partial charge in [-0.15, -0.1) is 0 Å². The van der Waals surface area contributed by atoms with Gasteiger partial charge < -0.3 is 20.4 Å². The number of hydrogen-bond acceptors (Lipinski definition) is 3. The van der Waals surface area contributed by atoms with E-state index in [1.54, 1.807) is 0 Å². The molecule has 2 N–H and O–H groups in total. The van der Waals surface area contributed by atoms with Gasteiger partial charge >= 0.3 is 6.03 Å². The molecule has 0 bridgehead atoms. The molecule has 0 aromatic heterocycles. The lowest BCUT2D eigenvalue weighted by Gasteiger charge is -2.33. The van der Waals surface area contributed by atoms with Crippen molar-refractivity contribution in [3.05, 3.63) is 0 Å². The van der Waals surface area contributed by atoms with Crippen molar-refractivity contribution < 1.29 is 9.59 Å². The number of piperidine rings is 2. The molecule has 0 unspecified atom stereocenters. The van der Waals surface area contributed by atoms with Crippen LogP contribution in [0, 0.1) is 11.8 Å². The monoisotopic (exact) mass is 338 g/mol. The standard InChI is InChI=1S/C18H34N4O2/c1-14(2)20-18(24)22-10-6-16(7-11-22)17(23)19-8-12-21-9-4-5-15(3)13-21/h14-16H,4-13H2,1-3H3,(H,19,23)(H,20,24)/t15-/m0/s1. The number of hydrogen-bond donors (Lipinski definition) is 2. The third kappa shape index (κ3) is 5.96. The Balaban J connectivity index is 1.63. The highest BCUT2D eigenvalue weighted by Crippen LogP contribution is 2.18. The molecule has 3 amide bonds. The Morgan fingerprint density at radius 3 is 2.46 bits per heavy atom. The van der Waals surface area contributed by atoms with Crippen LogP contribution < -0.4 is 10.6 Å². The molecule has 138 valence electrons. The van der Waals surface area contributed by atoms with Gasteiger partial charge in [-0.05, 0) is 52.0 Å². The minimum absolute atomic E-state index is 0.0110. The van der Waals surface area contributed by atoms with E-state index in [4.69, 9.17) is 0 Å². The van der Waals surface area contributed by atoms with E-state index in [9.17, 15) is 9.59 Å². The van der Waals surface area contributed by atoms with Crippen LogP contribution >= 0.6 is 0 Å². The quantitative estimate of drug-likeness (QED) is 0.801. The van der Waals surface area contributed by atoms with Crippen LogP contribution in [-0.2, 0) is 4.79 Å². The van der Waals surface area contributed by atoms with Gasteiger partial charge in [0.15, 0.2) is 0 Å². The molecule has 0 radical (unpaired) electrons. The molecule has 0 spiro atoms. The van der Waals surface area contributed by atoms with Crippen LogP contribution in [-0.4, -0.2) is 67.0 Å². The summed E-state index contributed by atoms with van der Waals surface area (Å²) in [6, 6.07) is 0.138. The summed E-state index contributed by atoms with van der Waals surface area (Å²) in [6.45, 7) is 11.5. The highest BCUT2D eigenvalue weighted by Gasteiger charge is 2.27. The first kappa shape index (κ1) is 19.0. The molecule has 0 aromatic carbocycles. The Kier molecular flexibility index (Phi) is 7.34. The van der Waals surface area contributed by atoms with Gasteiger partial charge in [-0.25, -0.2) is 4.79 Å². The van der Waals surface area contributed by atoms with E-state index in [0.717, 1.165) is 44.9 Å². The van der Waals surface area contributed by atoms with Gasteiger partial charge in [0.2, 0.25) is 5.91 Å². The van der Waals surface area contributed by atoms with Crippen molar-refractivity contribution >= 4 is 11.9 Å². The third-order valence-corrected chi connectivity index (χ3v) is 5.03. The Morgan fingerprint density at radius 1 is 1.12 bits per heavy atom. The average molecular weight is 338 g/mol. The van der Waals surface area contributed by atoms with Gasteiger partial charge in [0.05, 0.1) is 0 Å². The Morgan fingerprint density at radius 2 is 1.83 bits per heavy atom. The minimum Gasteiger partial charge on any atom is -0.355 e. The Hall–Kier alpha value is -1.30. The maximum absolute atomic E-state index is 12.3. The SMILES string of the molecule is CC(C)NC(=O)N1CCC(C(=O)NCCN2CCC[C@H](C)C2)CC1. The van der Waals surface area contributed by atoms with Crippen LogP contribution in [0.4, 0.5) is 4.79 Å². The summed E-state index contributed by atoms with van der Waals surface area (Å²) >= 11 is 0. The smallest absolute Gasteiger partial charge is 0.317 e. The Labute approximate surface area is 146 Å². The molecule has 2 fully saturated rings. The summed E-state index contributed by atoms with van der Waals surface area (Å²) in [5, 5.41) is 6.00. The van der Waals surface area contributed by atoms with E-state index in [2.05, 4.69) is 22.5 Å². The van der Waals surface area contributed by atoms with Gasteiger partial charge in [-0.2, -0.15) is 0 Å². The maximum atomic E-state index is 12.3. The topological polar surface area (TPSA) is 64.7 Å². The number of nitrogens with one attached hydrogen (secondary N) is 2. The summed E-state index contributed by atoms with van der Waals surface area (Å²) in [5.41, 5.74) is 0. The average Bonchev–Trinajstić information content (AvgIpc) is 2.54. The van der Waals surface area contributed by atoms with Crippen molar-refractivity contribution in [3.63, 3.8) is 0 Å². The lowest BCUT2D eigenvalue weighted by Crippen LogP contribution is -2.49. The number of amides is 3. The summed E-state index contributed by atoms with van der Waals surface area (Å²) in [6.07, 6.45) is 4.12. The van der Waals surface area contributed by atoms with Crippen molar-refractivity contribution in [2.45, 2.75) is 52.5 Å². The fourth-order valence-corrected chi connectivity index (χ4v) is 3.65. The second-order valence-corrected chi connectivity index (χ2v) is 7.70. The molecule has 6 nitrogen and oxygen atoms in total. The molecular weight excluding hydrogens is 304 g/mol. The number of carbonyl (C=O) groups is 2. The lowest BCUT2D eigenvalue weighted by atomic mass is 9.96. The lowest BCUT2D eigenvalue weighted by molar-refractivity contribution is -0.126. The zero-order chi connectivity index (χ0) is 17.5. The first-order valence-corrected chi connectivity index (χ1v) is 9.51. The van der Waals surface area contributed by atoms with Gasteiger partial charge in [0, 0.05) is 44.7 Å². The van der Waals surface area contributed by atoms with Gasteiger partial charge in [0.25, 0.3) is 0 Å². The van der Waals surface area contributed by atoms with E-state index >= 15 is 0 Å². The summed E-state index contributed by atoms with van der Waals surface area (Å²) in [4.78, 5) is 28.5. The molecule has 6 heteroatoms. The molecule has 2 heterocycles. The number of rotatable bonds is 5. The molecule has 0 saturated carbocycles. The van der Waals surface area contributed by atoms with E-state index in [1.807, 2.05) is 18.7 Å². The minimum atomic E-state index is -0.0110. The second kappa shape index (κ2) is 9.25. The van der Waals surface area contributed by atoms with Crippen molar-refractivity contribution in [1.82, 2.24) is 20.4 Å². The molecule has 2 aliphatic heterocycles. The number of carbonyl (C=O) groups excluding carboxylic acids is 2. The highest BCUT2D eigenvalue weighted by molar-refractivity contribution is 5.79. The van der Waals surface area contributed by atoms with E-state index in [0.29, 0.717) is 13.1 Å². The first-order chi connectivity index (χ1) is 11.5. The molecule has 1 atom stereocenters. The van der Waals surface area contributed by atoms with Gasteiger partial charge in [-0.1, -0.05) is 6.92 Å². The summed E-state index contributed by atoms with van der Waals surface area (Å²) < 4.78 is 0. The normalized spacial score (nSPS) is 23.3. The van der Waals surface area contributed by atoms with E-state index < -0.39 is 0 Å². The molecule has 0 aliphatic carbocycles. The van der Waals surface area contributed by atoms with Crippen LogP contribution in [0.15, 0.2) is 0 Å². The maximum Gasteiger partial charge on any atom is 0.317 e. The zero-order valence-electron chi connectivity index (χ0n) is 15.5. The zero-order valence-corrected chi connectivity index (χ0v) is 15.5. The fraction of sp³-hybridized carbons (Fsp3) is 0.889. The number of nitrogens with zero attached hydrogens (tertiary/aromatic N) is 2. The van der Waals surface area contributed by atoms with Crippen molar-refractivity contribution in [2.75, 3.05) is 39.3 Å². The van der Waals surface area contributed by atoms with Crippen molar-refractivity contribution in [2.24, 2.45) is 11.8 Å². The van der Waals surface area contributed by atoms with E-state index in [-0.39, 0.29) is 23.9 Å². The van der Waals surface area contributed by atoms with Crippen LogP contribution in [0.2, 0.25) is 0 Å². The van der Waals surface area contributed by atoms with Crippen LogP contribution in [0.3, 0.4) is 0 Å². The molecule has 2 aliphatic rings. The second-order valence-electron chi connectivity index (χ2n) is 7.70. The predicted octanol–water partition coefficient (Wildman–Crippen LogP) is 1.66. The highest BCUT2D eigenvalue weighted by atomic mass is 16.2. The summed E-state index contributed by atoms with van der Waals surface area (Å²) in [5.74, 6) is 0.980. The molecule has 2 saturated heterocycles. The molecule has 2 rings (SSSR count). The fourth-order valence-electron chi connectivity index (χ4n) is 3.65. The predicted molar refractivity (Wildman–Crippen MR) is 95.8 cm³/mol.